The molecule has 0 radical (unpaired) electrons. The van der Waals surface area contributed by atoms with Gasteiger partial charge in [0, 0.05) is 29.4 Å². The van der Waals surface area contributed by atoms with Gasteiger partial charge in [0.2, 0.25) is 0 Å². The summed E-state index contributed by atoms with van der Waals surface area (Å²) in [6.07, 6.45) is 3.55. The third-order valence-electron chi connectivity index (χ3n) is 2.70. The van der Waals surface area contributed by atoms with Crippen LogP contribution in [0.3, 0.4) is 0 Å². The average Bonchev–Trinajstić information content (AvgIpc) is 2.46. The number of pyridine rings is 1. The number of nitrogens with zero attached hydrogens (tertiary/aromatic N) is 1. The Morgan fingerprint density at radius 2 is 1.89 bits per heavy atom. The largest absolute Gasteiger partial charge is 0.298 e. The van der Waals surface area contributed by atoms with Crippen molar-refractivity contribution in [3.05, 3.63) is 65.5 Å². The summed E-state index contributed by atoms with van der Waals surface area (Å²) in [7, 11) is 0. The molecule has 0 bridgehead atoms. The Bertz CT molecular complexity index is 532. The van der Waals surface area contributed by atoms with Gasteiger partial charge in [-0.25, -0.2) is 0 Å². The van der Waals surface area contributed by atoms with Crippen LogP contribution in [0.1, 0.15) is 32.8 Å². The summed E-state index contributed by atoms with van der Waals surface area (Å²) < 4.78 is 0. The number of aldehydes is 1. The molecule has 0 atom stereocenters. The summed E-state index contributed by atoms with van der Waals surface area (Å²) >= 11 is 0. The van der Waals surface area contributed by atoms with Crippen LogP contribution in [0.2, 0.25) is 0 Å². The fourth-order valence-corrected chi connectivity index (χ4v) is 1.68. The molecule has 1 aromatic heterocycles. The van der Waals surface area contributed by atoms with E-state index in [1.807, 2.05) is 18.2 Å². The molecule has 0 aliphatic rings. The number of aromatic nitrogens is 1. The molecule has 3 nitrogen and oxygen atoms in total. The van der Waals surface area contributed by atoms with Gasteiger partial charge in [0.05, 0.1) is 0 Å². The lowest BCUT2D eigenvalue weighted by Crippen LogP contribution is -2.02. The second kappa shape index (κ2) is 5.87. The van der Waals surface area contributed by atoms with E-state index < -0.39 is 0 Å². The average molecular weight is 239 g/mol. The van der Waals surface area contributed by atoms with Gasteiger partial charge in [0.15, 0.2) is 5.78 Å². The second-order valence-electron chi connectivity index (χ2n) is 3.98. The summed E-state index contributed by atoms with van der Waals surface area (Å²) in [5.74, 6) is 0.0677. The van der Waals surface area contributed by atoms with Gasteiger partial charge in [-0.05, 0) is 18.6 Å². The Morgan fingerprint density at radius 3 is 2.50 bits per heavy atom. The molecule has 0 amide bonds. The number of carbonyl (C=O) groups is 2. The molecule has 0 aliphatic heterocycles. The maximum absolute atomic E-state index is 11.9. The summed E-state index contributed by atoms with van der Waals surface area (Å²) in [6, 6.07) is 12.3. The first-order valence-corrected chi connectivity index (χ1v) is 5.78. The van der Waals surface area contributed by atoms with Gasteiger partial charge >= 0.3 is 0 Å². The van der Waals surface area contributed by atoms with Crippen LogP contribution in [-0.2, 0) is 6.42 Å². The van der Waals surface area contributed by atoms with E-state index in [4.69, 9.17) is 0 Å². The molecule has 0 saturated heterocycles. The molecule has 3 heteroatoms. The van der Waals surface area contributed by atoms with Crippen molar-refractivity contribution >= 4 is 12.1 Å². The third kappa shape index (κ3) is 3.10. The molecule has 2 aromatic rings. The molecule has 0 aliphatic carbocycles. The van der Waals surface area contributed by atoms with Crippen LogP contribution in [0.4, 0.5) is 0 Å². The zero-order chi connectivity index (χ0) is 12.8. The van der Waals surface area contributed by atoms with Crippen LogP contribution in [0.15, 0.2) is 48.7 Å². The van der Waals surface area contributed by atoms with Crippen LogP contribution in [0, 0.1) is 0 Å². The number of rotatable bonds is 5. The number of hydrogen-bond donors (Lipinski definition) is 0. The van der Waals surface area contributed by atoms with Crippen molar-refractivity contribution < 1.29 is 9.59 Å². The van der Waals surface area contributed by atoms with Crippen LogP contribution in [-0.4, -0.2) is 17.1 Å². The van der Waals surface area contributed by atoms with Crippen LogP contribution >= 0.6 is 0 Å². The quantitative estimate of drug-likeness (QED) is 0.595. The first-order chi connectivity index (χ1) is 8.79. The van der Waals surface area contributed by atoms with Crippen molar-refractivity contribution in [3.8, 4) is 0 Å². The third-order valence-corrected chi connectivity index (χ3v) is 2.70. The molecule has 0 saturated carbocycles. The number of ketones is 1. The summed E-state index contributed by atoms with van der Waals surface area (Å²) in [5.41, 5.74) is 2.13. The van der Waals surface area contributed by atoms with Crippen molar-refractivity contribution in [1.29, 1.82) is 0 Å². The van der Waals surface area contributed by atoms with Gasteiger partial charge in [-0.1, -0.05) is 30.3 Å². The zero-order valence-corrected chi connectivity index (χ0v) is 9.87. The second-order valence-corrected chi connectivity index (χ2v) is 3.98. The molecular weight excluding hydrogens is 226 g/mol. The monoisotopic (exact) mass is 239 g/mol. The number of carbonyl (C=O) groups excluding carboxylic acids is 2. The SMILES string of the molecule is O=Cc1ccc(C(=O)CCc2ccccn2)cc1. The minimum atomic E-state index is 0.0677. The van der Waals surface area contributed by atoms with Crippen molar-refractivity contribution in [1.82, 2.24) is 4.98 Å². The highest BCUT2D eigenvalue weighted by atomic mass is 16.1. The van der Waals surface area contributed by atoms with Gasteiger partial charge in [0.25, 0.3) is 0 Å². The van der Waals surface area contributed by atoms with Crippen LogP contribution in [0.25, 0.3) is 0 Å². The Morgan fingerprint density at radius 1 is 1.11 bits per heavy atom. The minimum Gasteiger partial charge on any atom is -0.298 e. The van der Waals surface area contributed by atoms with Gasteiger partial charge < -0.3 is 0 Å². The van der Waals surface area contributed by atoms with E-state index in [0.29, 0.717) is 24.0 Å². The van der Waals surface area contributed by atoms with E-state index in [1.54, 1.807) is 30.5 Å². The van der Waals surface area contributed by atoms with Crippen molar-refractivity contribution in [2.75, 3.05) is 0 Å². The van der Waals surface area contributed by atoms with E-state index in [-0.39, 0.29) is 5.78 Å². The number of Topliss-reactive ketones (excluding diaryl/α,β-unsaturated/α-hetero) is 1. The molecule has 0 spiro atoms. The Balaban J connectivity index is 1.97. The standard InChI is InChI=1S/C15H13NO2/c17-11-12-4-6-13(7-5-12)15(18)9-8-14-3-1-2-10-16-14/h1-7,10-11H,8-9H2. The molecule has 0 unspecified atom stereocenters. The minimum absolute atomic E-state index is 0.0677. The van der Waals surface area contributed by atoms with Gasteiger partial charge in [-0.15, -0.1) is 0 Å². The number of aryl methyl sites for hydroxylation is 1. The van der Waals surface area contributed by atoms with E-state index in [0.717, 1.165) is 12.0 Å². The summed E-state index contributed by atoms with van der Waals surface area (Å²) in [5, 5.41) is 0. The molecule has 1 aromatic carbocycles. The first-order valence-electron chi connectivity index (χ1n) is 5.78. The first kappa shape index (κ1) is 12.2. The highest BCUT2D eigenvalue weighted by Gasteiger charge is 2.06. The predicted molar refractivity (Wildman–Crippen MR) is 68.7 cm³/mol. The van der Waals surface area contributed by atoms with E-state index in [2.05, 4.69) is 4.98 Å². The van der Waals surface area contributed by atoms with Gasteiger partial charge in [-0.3, -0.25) is 14.6 Å². The number of hydrogen-bond acceptors (Lipinski definition) is 3. The highest BCUT2D eigenvalue weighted by Crippen LogP contribution is 2.08. The molecule has 0 fully saturated rings. The lowest BCUT2D eigenvalue weighted by Gasteiger charge is -2.01. The molecule has 2 rings (SSSR count). The zero-order valence-electron chi connectivity index (χ0n) is 9.87. The lowest BCUT2D eigenvalue weighted by atomic mass is 10.0. The highest BCUT2D eigenvalue weighted by molar-refractivity contribution is 5.96. The molecule has 90 valence electrons. The Labute approximate surface area is 105 Å². The predicted octanol–water partition coefficient (Wildman–Crippen LogP) is 2.71. The van der Waals surface area contributed by atoms with Crippen LogP contribution < -0.4 is 0 Å². The molecule has 0 N–H and O–H groups in total. The Kier molecular flexibility index (Phi) is 3.97. The van der Waals surface area contributed by atoms with E-state index >= 15 is 0 Å². The maximum Gasteiger partial charge on any atom is 0.163 e. The Hall–Kier alpha value is -2.29. The van der Waals surface area contributed by atoms with Crippen molar-refractivity contribution in [2.45, 2.75) is 12.8 Å². The van der Waals surface area contributed by atoms with Crippen LogP contribution in [0.5, 0.6) is 0 Å². The van der Waals surface area contributed by atoms with Gasteiger partial charge in [-0.2, -0.15) is 0 Å². The number of benzene rings is 1. The van der Waals surface area contributed by atoms with Crippen molar-refractivity contribution in [3.63, 3.8) is 0 Å². The topological polar surface area (TPSA) is 47.0 Å². The summed E-state index contributed by atoms with van der Waals surface area (Å²) in [6.45, 7) is 0. The van der Waals surface area contributed by atoms with Gasteiger partial charge in [0.1, 0.15) is 6.29 Å². The van der Waals surface area contributed by atoms with E-state index in [9.17, 15) is 9.59 Å². The lowest BCUT2D eigenvalue weighted by molar-refractivity contribution is 0.0981. The van der Waals surface area contributed by atoms with Crippen molar-refractivity contribution in [2.24, 2.45) is 0 Å². The fraction of sp³-hybridized carbons (Fsp3) is 0.133. The fourth-order valence-electron chi connectivity index (χ4n) is 1.68. The molecule has 1 heterocycles. The smallest absolute Gasteiger partial charge is 0.163 e. The maximum atomic E-state index is 11.9. The molecular formula is C15H13NO2. The van der Waals surface area contributed by atoms with E-state index in [1.165, 1.54) is 0 Å². The normalized spacial score (nSPS) is 10.0. The molecule has 18 heavy (non-hydrogen) atoms. The summed E-state index contributed by atoms with van der Waals surface area (Å²) in [4.78, 5) is 26.6.